The van der Waals surface area contributed by atoms with Gasteiger partial charge in [-0.05, 0) is 73.9 Å². The molecule has 2 N–H and O–H groups in total. The van der Waals surface area contributed by atoms with E-state index >= 15 is 0 Å². The fraction of sp³-hybridized carbons (Fsp3) is 0.440. The predicted octanol–water partition coefficient (Wildman–Crippen LogP) is 5.81. The van der Waals surface area contributed by atoms with Crippen molar-refractivity contribution in [3.8, 4) is 0 Å². The standard InChI is InChI=1S/C25H25Cl2NO3/c1-3-23-11-10-19(18-9-4-15(21(29)30)12-20(18)27)24(16-5-7-17(26)8-6-16)13-25(23,24)14(2)28-22(23)31/h4-9,12,14,19H,3,10-11,13H2,1-2H3,(H,28,31)(H,29,30)/t14-,19+,23+,24?,25-/m1/s1. The number of aromatic carboxylic acids is 1. The lowest BCUT2D eigenvalue weighted by molar-refractivity contribution is -0.131. The van der Waals surface area contributed by atoms with Crippen molar-refractivity contribution >= 4 is 35.1 Å². The van der Waals surface area contributed by atoms with E-state index in [1.807, 2.05) is 18.2 Å². The van der Waals surface area contributed by atoms with E-state index in [1.54, 1.807) is 12.1 Å². The average molecular weight is 458 g/mol. The van der Waals surface area contributed by atoms with E-state index in [0.29, 0.717) is 10.0 Å². The fourth-order valence-electron chi connectivity index (χ4n) is 7.34. The number of amides is 1. The summed E-state index contributed by atoms with van der Waals surface area (Å²) < 4.78 is 0. The average Bonchev–Trinajstić information content (AvgIpc) is 3.42. The Morgan fingerprint density at radius 3 is 2.52 bits per heavy atom. The maximum absolute atomic E-state index is 13.2. The van der Waals surface area contributed by atoms with Crippen LogP contribution >= 0.6 is 23.2 Å². The third-order valence-electron chi connectivity index (χ3n) is 8.64. The summed E-state index contributed by atoms with van der Waals surface area (Å²) in [5.74, 6) is -0.723. The molecule has 31 heavy (non-hydrogen) atoms. The van der Waals surface area contributed by atoms with E-state index < -0.39 is 11.4 Å². The van der Waals surface area contributed by atoms with Gasteiger partial charge in [-0.1, -0.05) is 48.3 Å². The Kier molecular flexibility index (Phi) is 4.52. The van der Waals surface area contributed by atoms with Crippen LogP contribution < -0.4 is 5.32 Å². The largest absolute Gasteiger partial charge is 0.478 e. The van der Waals surface area contributed by atoms with E-state index in [2.05, 4.69) is 31.3 Å². The first-order valence-corrected chi connectivity index (χ1v) is 11.6. The highest BCUT2D eigenvalue weighted by Gasteiger charge is 2.85. The van der Waals surface area contributed by atoms with Crippen LogP contribution in [0.2, 0.25) is 10.0 Å². The SMILES string of the molecule is CC[C@@]12CC[C@@H](c3ccc(C(=O)O)cc3Cl)C3(c4ccc(Cl)cc4)C[C@]31[C@@H](C)NC2=O. The van der Waals surface area contributed by atoms with Crippen LogP contribution in [-0.4, -0.2) is 23.0 Å². The first-order chi connectivity index (χ1) is 14.7. The molecule has 0 bridgehead atoms. The molecular formula is C25H25Cl2NO3. The molecule has 1 spiro atoms. The summed E-state index contributed by atoms with van der Waals surface area (Å²) in [4.78, 5) is 24.7. The van der Waals surface area contributed by atoms with Crippen LogP contribution in [0.1, 0.15) is 66.9 Å². The van der Waals surface area contributed by atoms with Crippen molar-refractivity contribution in [1.29, 1.82) is 0 Å². The summed E-state index contributed by atoms with van der Waals surface area (Å²) in [6.45, 7) is 4.25. The Hall–Kier alpha value is -2.04. The van der Waals surface area contributed by atoms with Crippen molar-refractivity contribution in [2.75, 3.05) is 0 Å². The van der Waals surface area contributed by atoms with Crippen LogP contribution in [0.5, 0.6) is 0 Å². The number of benzene rings is 2. The van der Waals surface area contributed by atoms with Crippen molar-refractivity contribution < 1.29 is 14.7 Å². The van der Waals surface area contributed by atoms with Gasteiger partial charge in [-0.25, -0.2) is 4.79 Å². The maximum Gasteiger partial charge on any atom is 0.335 e. The monoisotopic (exact) mass is 457 g/mol. The molecule has 1 unspecified atom stereocenters. The van der Waals surface area contributed by atoms with E-state index in [0.717, 1.165) is 31.2 Å². The van der Waals surface area contributed by atoms with Crippen molar-refractivity contribution in [1.82, 2.24) is 5.32 Å². The zero-order chi connectivity index (χ0) is 22.2. The van der Waals surface area contributed by atoms with E-state index in [4.69, 9.17) is 23.2 Å². The number of hydrogen-bond acceptors (Lipinski definition) is 2. The second-order valence-electron chi connectivity index (χ2n) is 9.39. The minimum absolute atomic E-state index is 0.0514. The molecule has 4 nitrogen and oxygen atoms in total. The number of halogens is 2. The van der Waals surface area contributed by atoms with E-state index in [1.165, 1.54) is 5.56 Å². The van der Waals surface area contributed by atoms with Crippen molar-refractivity contribution in [2.45, 2.75) is 56.9 Å². The molecule has 1 amide bonds. The van der Waals surface area contributed by atoms with Crippen LogP contribution in [-0.2, 0) is 10.2 Å². The van der Waals surface area contributed by atoms with Gasteiger partial charge in [0.1, 0.15) is 0 Å². The summed E-state index contributed by atoms with van der Waals surface area (Å²) in [7, 11) is 0. The Morgan fingerprint density at radius 1 is 1.19 bits per heavy atom. The Morgan fingerprint density at radius 2 is 1.90 bits per heavy atom. The van der Waals surface area contributed by atoms with E-state index in [-0.39, 0.29) is 34.3 Å². The zero-order valence-corrected chi connectivity index (χ0v) is 19.1. The Labute approximate surface area is 191 Å². The van der Waals surface area contributed by atoms with Gasteiger partial charge < -0.3 is 10.4 Å². The lowest BCUT2D eigenvalue weighted by atomic mass is 9.54. The summed E-state index contributed by atoms with van der Waals surface area (Å²) >= 11 is 12.9. The van der Waals surface area contributed by atoms with Crippen LogP contribution in [0.25, 0.3) is 0 Å². The number of rotatable bonds is 4. The number of carboxylic acid groups (broad SMARTS) is 1. The van der Waals surface area contributed by atoms with Crippen molar-refractivity contribution in [3.05, 3.63) is 69.2 Å². The highest BCUT2D eigenvalue weighted by Crippen LogP contribution is 2.84. The number of carboxylic acids is 1. The second-order valence-corrected chi connectivity index (χ2v) is 10.2. The molecule has 162 valence electrons. The maximum atomic E-state index is 13.2. The molecule has 3 aliphatic rings. The minimum atomic E-state index is -0.989. The normalized spacial score (nSPS) is 35.8. The molecule has 6 heteroatoms. The van der Waals surface area contributed by atoms with Gasteiger partial charge in [0.2, 0.25) is 5.91 Å². The quantitative estimate of drug-likeness (QED) is 0.608. The minimum Gasteiger partial charge on any atom is -0.478 e. The highest BCUT2D eigenvalue weighted by atomic mass is 35.5. The van der Waals surface area contributed by atoms with Gasteiger partial charge in [-0.3, -0.25) is 4.79 Å². The van der Waals surface area contributed by atoms with Gasteiger partial charge in [0.05, 0.1) is 11.0 Å². The van der Waals surface area contributed by atoms with Gasteiger partial charge in [-0.2, -0.15) is 0 Å². The van der Waals surface area contributed by atoms with Crippen LogP contribution in [0.4, 0.5) is 0 Å². The Bertz CT molecular complexity index is 1100. The molecule has 1 heterocycles. The third-order valence-corrected chi connectivity index (χ3v) is 9.22. The number of hydrogen-bond donors (Lipinski definition) is 2. The molecule has 0 aromatic heterocycles. The first-order valence-electron chi connectivity index (χ1n) is 10.8. The highest BCUT2D eigenvalue weighted by molar-refractivity contribution is 6.32. The topological polar surface area (TPSA) is 66.4 Å². The molecule has 5 atom stereocenters. The molecule has 1 aliphatic heterocycles. The van der Waals surface area contributed by atoms with Crippen LogP contribution in [0.15, 0.2) is 42.5 Å². The predicted molar refractivity (Wildman–Crippen MR) is 121 cm³/mol. The molecule has 2 aromatic carbocycles. The molecule has 5 rings (SSSR count). The van der Waals surface area contributed by atoms with Crippen molar-refractivity contribution in [2.24, 2.45) is 10.8 Å². The van der Waals surface area contributed by atoms with Crippen LogP contribution in [0.3, 0.4) is 0 Å². The van der Waals surface area contributed by atoms with Gasteiger partial charge in [0.25, 0.3) is 0 Å². The lowest BCUT2D eigenvalue weighted by Gasteiger charge is -2.47. The summed E-state index contributed by atoms with van der Waals surface area (Å²) in [5.41, 5.74) is 1.49. The van der Waals surface area contributed by atoms with Gasteiger partial charge in [0, 0.05) is 26.9 Å². The molecule has 1 saturated heterocycles. The first kappa shape index (κ1) is 20.8. The van der Waals surface area contributed by atoms with Gasteiger partial charge in [0.15, 0.2) is 0 Å². The van der Waals surface area contributed by atoms with Crippen molar-refractivity contribution in [3.63, 3.8) is 0 Å². The molecule has 2 aromatic rings. The van der Waals surface area contributed by atoms with Gasteiger partial charge in [-0.15, -0.1) is 0 Å². The molecular weight excluding hydrogens is 433 g/mol. The molecule has 0 radical (unpaired) electrons. The van der Waals surface area contributed by atoms with Gasteiger partial charge >= 0.3 is 5.97 Å². The molecule has 3 fully saturated rings. The Balaban J connectivity index is 1.72. The molecule has 2 saturated carbocycles. The summed E-state index contributed by atoms with van der Waals surface area (Å²) in [6.07, 6.45) is 3.33. The summed E-state index contributed by atoms with van der Waals surface area (Å²) in [5, 5.41) is 13.8. The smallest absolute Gasteiger partial charge is 0.335 e. The fourth-order valence-corrected chi connectivity index (χ4v) is 7.78. The third kappa shape index (κ3) is 2.44. The number of carbonyl (C=O) groups is 2. The van der Waals surface area contributed by atoms with Crippen LogP contribution in [0, 0.1) is 10.8 Å². The number of carbonyl (C=O) groups excluding carboxylic acids is 1. The zero-order valence-electron chi connectivity index (χ0n) is 17.5. The number of nitrogens with one attached hydrogen (secondary N) is 1. The second kappa shape index (κ2) is 6.73. The summed E-state index contributed by atoms with van der Waals surface area (Å²) in [6, 6.07) is 13.1. The lowest BCUT2D eigenvalue weighted by Crippen LogP contribution is -2.46. The molecule has 2 aliphatic carbocycles. The van der Waals surface area contributed by atoms with E-state index in [9.17, 15) is 14.7 Å².